The van der Waals surface area contributed by atoms with Gasteiger partial charge in [0, 0.05) is 27.7 Å². The van der Waals surface area contributed by atoms with Crippen molar-refractivity contribution in [2.75, 3.05) is 12.4 Å². The van der Waals surface area contributed by atoms with Crippen LogP contribution in [0.15, 0.2) is 58.8 Å². The monoisotopic (exact) mass is 507 g/mol. The molecule has 2 aromatic carbocycles. The van der Waals surface area contributed by atoms with E-state index < -0.39 is 6.43 Å². The Morgan fingerprint density at radius 2 is 1.97 bits per heavy atom. The average Bonchev–Trinajstić information content (AvgIpc) is 2.79. The minimum atomic E-state index is -2.65. The van der Waals surface area contributed by atoms with E-state index in [1.54, 1.807) is 44.5 Å². The normalized spacial score (nSPS) is 11.1. The predicted octanol–water partition coefficient (Wildman–Crippen LogP) is 6.00. The Hall–Kier alpha value is -2.82. The summed E-state index contributed by atoms with van der Waals surface area (Å²) in [4.78, 5) is 8.16. The van der Waals surface area contributed by atoms with Crippen LogP contribution in [0.2, 0.25) is 5.02 Å². The first-order chi connectivity index (χ1) is 15.8. The Kier molecular flexibility index (Phi) is 8.93. The van der Waals surface area contributed by atoms with Crippen molar-refractivity contribution in [1.82, 2.24) is 15.4 Å². The zero-order chi connectivity index (χ0) is 23.8. The van der Waals surface area contributed by atoms with E-state index in [2.05, 4.69) is 25.8 Å². The van der Waals surface area contributed by atoms with E-state index in [0.29, 0.717) is 27.3 Å². The summed E-state index contributed by atoms with van der Waals surface area (Å²) in [6, 6.07) is 13.9. The van der Waals surface area contributed by atoms with Crippen molar-refractivity contribution >= 4 is 52.6 Å². The van der Waals surface area contributed by atoms with Crippen molar-refractivity contribution in [3.63, 3.8) is 0 Å². The maximum absolute atomic E-state index is 13.0. The van der Waals surface area contributed by atoms with Crippen LogP contribution in [0.4, 0.5) is 14.5 Å². The van der Waals surface area contributed by atoms with Crippen LogP contribution in [0.5, 0.6) is 5.75 Å². The Balaban J connectivity index is 1.64. The quantitative estimate of drug-likeness (QED) is 0.127. The fraction of sp³-hybridized carbons (Fsp3) is 0.182. The van der Waals surface area contributed by atoms with Gasteiger partial charge in [-0.15, -0.1) is 0 Å². The molecule has 0 radical (unpaired) electrons. The summed E-state index contributed by atoms with van der Waals surface area (Å²) in [5.41, 5.74) is 5.38. The van der Waals surface area contributed by atoms with Crippen molar-refractivity contribution in [2.45, 2.75) is 24.3 Å². The lowest BCUT2D eigenvalue weighted by Gasteiger charge is -2.10. The number of aryl methyl sites for hydroxylation is 1. The SMILES string of the molecule is COc1ccc(/C=N/NC(=S)Nc2ccc(Cl)cc2)cc1CSc1nc(C)cc(C(F)F)n1. The summed E-state index contributed by atoms with van der Waals surface area (Å²) in [6.45, 7) is 1.66. The van der Waals surface area contributed by atoms with Gasteiger partial charge in [0.05, 0.1) is 13.3 Å². The topological polar surface area (TPSA) is 71.4 Å². The van der Waals surface area contributed by atoms with Gasteiger partial charge in [0.1, 0.15) is 11.4 Å². The van der Waals surface area contributed by atoms with Crippen LogP contribution in [0, 0.1) is 6.92 Å². The van der Waals surface area contributed by atoms with Crippen LogP contribution in [0.1, 0.15) is 28.9 Å². The second-order valence-electron chi connectivity index (χ2n) is 6.71. The standard InChI is InChI=1S/C22H20ClF2N5OS2/c1-13-9-18(20(24)25)29-22(27-13)33-12-15-10-14(3-8-19(15)31-2)11-26-30-21(32)28-17-6-4-16(23)5-7-17/h3-11,20H,12H2,1-2H3,(H2,28,30,32)/b26-11+. The van der Waals surface area contributed by atoms with Crippen molar-refractivity contribution < 1.29 is 13.5 Å². The molecule has 6 nitrogen and oxygen atoms in total. The molecule has 0 aliphatic rings. The zero-order valence-electron chi connectivity index (χ0n) is 17.7. The number of thiocarbonyl (C=S) groups is 1. The minimum Gasteiger partial charge on any atom is -0.496 e. The third-order valence-electron chi connectivity index (χ3n) is 4.22. The molecule has 0 fully saturated rings. The maximum atomic E-state index is 13.0. The Morgan fingerprint density at radius 1 is 1.21 bits per heavy atom. The zero-order valence-corrected chi connectivity index (χ0v) is 20.1. The highest BCUT2D eigenvalue weighted by molar-refractivity contribution is 7.98. The largest absolute Gasteiger partial charge is 0.496 e. The predicted molar refractivity (Wildman–Crippen MR) is 133 cm³/mol. The Labute approximate surface area is 204 Å². The number of anilines is 1. The van der Waals surface area contributed by atoms with Gasteiger partial charge in [-0.1, -0.05) is 23.4 Å². The molecular formula is C22H20ClF2N5OS2. The number of halogens is 3. The summed E-state index contributed by atoms with van der Waals surface area (Å²) in [5.74, 6) is 1.09. The molecule has 1 aromatic heterocycles. The average molecular weight is 508 g/mol. The number of methoxy groups -OCH3 is 1. The number of aromatic nitrogens is 2. The van der Waals surface area contributed by atoms with Gasteiger partial charge < -0.3 is 10.1 Å². The van der Waals surface area contributed by atoms with Gasteiger partial charge in [0.2, 0.25) is 0 Å². The third-order valence-corrected chi connectivity index (χ3v) is 5.56. The molecule has 2 N–H and O–H groups in total. The molecule has 0 aliphatic carbocycles. The highest BCUT2D eigenvalue weighted by Crippen LogP contribution is 2.28. The fourth-order valence-electron chi connectivity index (χ4n) is 2.73. The van der Waals surface area contributed by atoms with E-state index in [-0.39, 0.29) is 10.9 Å². The van der Waals surface area contributed by atoms with Gasteiger partial charge in [0.25, 0.3) is 6.43 Å². The van der Waals surface area contributed by atoms with E-state index in [4.69, 9.17) is 28.6 Å². The molecule has 172 valence electrons. The van der Waals surface area contributed by atoms with Gasteiger partial charge in [-0.05, 0) is 73.2 Å². The number of thioether (sulfide) groups is 1. The second kappa shape index (κ2) is 11.9. The van der Waals surface area contributed by atoms with Crippen LogP contribution in [-0.4, -0.2) is 28.4 Å². The second-order valence-corrected chi connectivity index (χ2v) is 8.50. The lowest BCUT2D eigenvalue weighted by Crippen LogP contribution is -2.23. The molecule has 0 unspecified atom stereocenters. The first-order valence-corrected chi connectivity index (χ1v) is 11.4. The van der Waals surface area contributed by atoms with Crippen molar-refractivity contribution in [3.05, 3.63) is 76.1 Å². The molecule has 0 saturated carbocycles. The molecule has 33 heavy (non-hydrogen) atoms. The highest BCUT2D eigenvalue weighted by atomic mass is 35.5. The number of ether oxygens (including phenoxy) is 1. The third kappa shape index (κ3) is 7.62. The van der Waals surface area contributed by atoms with Gasteiger partial charge in [-0.25, -0.2) is 18.7 Å². The summed E-state index contributed by atoms with van der Waals surface area (Å²) in [5, 5.41) is 8.39. The number of rotatable bonds is 8. The van der Waals surface area contributed by atoms with Crippen LogP contribution in [0.25, 0.3) is 0 Å². The van der Waals surface area contributed by atoms with E-state index in [1.807, 2.05) is 18.2 Å². The van der Waals surface area contributed by atoms with Crippen LogP contribution >= 0.6 is 35.6 Å². The lowest BCUT2D eigenvalue weighted by atomic mass is 10.1. The highest BCUT2D eigenvalue weighted by Gasteiger charge is 2.13. The minimum absolute atomic E-state index is 0.284. The number of nitrogens with one attached hydrogen (secondary N) is 2. The number of hydrazone groups is 1. The summed E-state index contributed by atoms with van der Waals surface area (Å²) in [6.07, 6.45) is -1.03. The summed E-state index contributed by atoms with van der Waals surface area (Å²) >= 11 is 12.3. The van der Waals surface area contributed by atoms with Crippen molar-refractivity contribution in [1.29, 1.82) is 0 Å². The lowest BCUT2D eigenvalue weighted by molar-refractivity contribution is 0.145. The Morgan fingerprint density at radius 3 is 2.67 bits per heavy atom. The molecular weight excluding hydrogens is 488 g/mol. The van der Waals surface area contributed by atoms with Gasteiger partial charge >= 0.3 is 0 Å². The van der Waals surface area contributed by atoms with Crippen LogP contribution in [-0.2, 0) is 5.75 Å². The molecule has 0 saturated heterocycles. The van der Waals surface area contributed by atoms with E-state index in [1.165, 1.54) is 17.8 Å². The molecule has 1 heterocycles. The van der Waals surface area contributed by atoms with Crippen LogP contribution in [0.3, 0.4) is 0 Å². The number of hydrogen-bond donors (Lipinski definition) is 2. The van der Waals surface area contributed by atoms with Gasteiger partial charge in [-0.2, -0.15) is 5.10 Å². The molecule has 0 spiro atoms. The van der Waals surface area contributed by atoms with Gasteiger partial charge in [-0.3, -0.25) is 5.43 Å². The Bertz CT molecular complexity index is 1150. The molecule has 3 aromatic rings. The first kappa shape index (κ1) is 24.8. The number of alkyl halides is 2. The van der Waals surface area contributed by atoms with E-state index in [0.717, 1.165) is 16.8 Å². The molecule has 0 atom stereocenters. The number of benzene rings is 2. The number of nitrogens with zero attached hydrogens (tertiary/aromatic N) is 3. The molecule has 0 amide bonds. The fourth-order valence-corrected chi connectivity index (χ4v) is 3.92. The van der Waals surface area contributed by atoms with E-state index in [9.17, 15) is 8.78 Å². The summed E-state index contributed by atoms with van der Waals surface area (Å²) in [7, 11) is 1.57. The van der Waals surface area contributed by atoms with Crippen molar-refractivity contribution in [2.24, 2.45) is 5.10 Å². The van der Waals surface area contributed by atoms with Gasteiger partial charge in [0.15, 0.2) is 10.3 Å². The van der Waals surface area contributed by atoms with Crippen LogP contribution < -0.4 is 15.5 Å². The molecule has 0 bridgehead atoms. The number of hydrogen-bond acceptors (Lipinski definition) is 6. The molecule has 3 rings (SSSR count). The molecule has 0 aliphatic heterocycles. The van der Waals surface area contributed by atoms with Crippen molar-refractivity contribution in [3.8, 4) is 5.75 Å². The smallest absolute Gasteiger partial charge is 0.280 e. The molecule has 11 heteroatoms. The first-order valence-electron chi connectivity index (χ1n) is 9.63. The van der Waals surface area contributed by atoms with E-state index >= 15 is 0 Å². The maximum Gasteiger partial charge on any atom is 0.280 e. The summed E-state index contributed by atoms with van der Waals surface area (Å²) < 4.78 is 31.4.